The van der Waals surface area contributed by atoms with Crippen molar-refractivity contribution in [2.45, 2.75) is 0 Å². The highest BCUT2D eigenvalue weighted by atomic mass is 14.3. The summed E-state index contributed by atoms with van der Waals surface area (Å²) in [5.41, 5.74) is 2.56. The standard InChI is InChI=1S/2C16H8N2.2C16H10/c2*17-9-15-11-5-1-2-6-12(11)16(10-18)14-8-4-3-7-13(14)15;2*1-3-11-7-9-13-5-2-6-14-10-8-12(4-1)15(11)16(13)14/h2*1-8H;2*1-10H. The summed E-state index contributed by atoms with van der Waals surface area (Å²) in [5, 5.41) is 60.5. The zero-order chi connectivity index (χ0) is 46.1. The van der Waals surface area contributed by atoms with Crippen LogP contribution in [0.4, 0.5) is 0 Å². The molecule has 0 saturated heterocycles. The molecule has 0 aliphatic rings. The van der Waals surface area contributed by atoms with Crippen LogP contribution in [0.15, 0.2) is 218 Å². The highest BCUT2D eigenvalue weighted by Gasteiger charge is 2.14. The van der Waals surface area contributed by atoms with Crippen molar-refractivity contribution in [1.82, 2.24) is 0 Å². The molecule has 0 heterocycles. The Bertz CT molecular complexity index is 3640. The molecule has 4 heteroatoms. The maximum absolute atomic E-state index is 9.36. The van der Waals surface area contributed by atoms with Gasteiger partial charge in [0.25, 0.3) is 0 Å². The van der Waals surface area contributed by atoms with Crippen molar-refractivity contribution >= 4 is 108 Å². The van der Waals surface area contributed by atoms with Crippen LogP contribution in [0.1, 0.15) is 22.3 Å². The minimum absolute atomic E-state index is 0.639. The molecule has 0 aromatic heterocycles. The fourth-order valence-electron chi connectivity index (χ4n) is 10.1. The van der Waals surface area contributed by atoms with Crippen LogP contribution < -0.4 is 0 Å². The van der Waals surface area contributed by atoms with E-state index in [4.69, 9.17) is 0 Å². The number of rotatable bonds is 0. The molecule has 14 rings (SSSR count). The van der Waals surface area contributed by atoms with Crippen LogP contribution in [-0.4, -0.2) is 0 Å². The Morgan fingerprint density at radius 1 is 0.176 bits per heavy atom. The van der Waals surface area contributed by atoms with Gasteiger partial charge in [-0.2, -0.15) is 21.0 Å². The van der Waals surface area contributed by atoms with Gasteiger partial charge in [0.05, 0.1) is 22.3 Å². The van der Waals surface area contributed by atoms with Crippen molar-refractivity contribution in [3.63, 3.8) is 0 Å². The summed E-state index contributed by atoms with van der Waals surface area (Å²) < 4.78 is 0. The lowest BCUT2D eigenvalue weighted by atomic mass is 9.93. The molecule has 0 fully saturated rings. The summed E-state index contributed by atoms with van der Waals surface area (Å²) in [7, 11) is 0. The van der Waals surface area contributed by atoms with Gasteiger partial charge in [0.1, 0.15) is 24.3 Å². The van der Waals surface area contributed by atoms with Crippen LogP contribution >= 0.6 is 0 Å². The zero-order valence-corrected chi connectivity index (χ0v) is 36.6. The molecule has 68 heavy (non-hydrogen) atoms. The van der Waals surface area contributed by atoms with Gasteiger partial charge in [-0.05, 0) is 64.6 Å². The van der Waals surface area contributed by atoms with E-state index >= 15 is 0 Å². The van der Waals surface area contributed by atoms with Gasteiger partial charge in [0.2, 0.25) is 0 Å². The lowest BCUT2D eigenvalue weighted by Crippen LogP contribution is -1.89. The van der Waals surface area contributed by atoms with Crippen LogP contribution in [0.5, 0.6) is 0 Å². The van der Waals surface area contributed by atoms with Gasteiger partial charge in [0, 0.05) is 43.1 Å². The van der Waals surface area contributed by atoms with E-state index < -0.39 is 0 Å². The van der Waals surface area contributed by atoms with E-state index in [1.165, 1.54) is 64.6 Å². The lowest BCUT2D eigenvalue weighted by molar-refractivity contribution is 1.50. The molecular weight excluding hydrogens is 825 g/mol. The molecule has 0 saturated carbocycles. The molecule has 4 nitrogen and oxygen atoms in total. The second-order valence-corrected chi connectivity index (χ2v) is 16.7. The van der Waals surface area contributed by atoms with Crippen LogP contribution in [0.25, 0.3) is 108 Å². The summed E-state index contributed by atoms with van der Waals surface area (Å²) in [4.78, 5) is 0. The Morgan fingerprint density at radius 2 is 0.324 bits per heavy atom. The maximum atomic E-state index is 9.36. The minimum atomic E-state index is 0.639. The largest absolute Gasteiger partial charge is 0.192 e. The summed E-state index contributed by atoms with van der Waals surface area (Å²) in [6.45, 7) is 0. The number of benzene rings is 14. The fraction of sp³-hybridized carbons (Fsp3) is 0. The number of hydrogen-bond donors (Lipinski definition) is 0. The Morgan fingerprint density at radius 3 is 0.456 bits per heavy atom. The molecule has 0 aliphatic heterocycles. The predicted octanol–water partition coefficient (Wildman–Crippen LogP) is 16.6. The smallest absolute Gasteiger partial charge is 0.100 e. The topological polar surface area (TPSA) is 95.2 Å². The first-order valence-electron chi connectivity index (χ1n) is 22.3. The Kier molecular flexibility index (Phi) is 10.4. The molecule has 14 aromatic carbocycles. The summed E-state index contributed by atoms with van der Waals surface area (Å²) in [6.07, 6.45) is 0. The van der Waals surface area contributed by atoms with Gasteiger partial charge in [-0.15, -0.1) is 0 Å². The van der Waals surface area contributed by atoms with E-state index in [9.17, 15) is 21.0 Å². The van der Waals surface area contributed by atoms with Gasteiger partial charge < -0.3 is 0 Å². The average Bonchev–Trinajstić information content (AvgIpc) is 3.41. The molecule has 0 amide bonds. The van der Waals surface area contributed by atoms with Gasteiger partial charge in [-0.1, -0.05) is 218 Å². The van der Waals surface area contributed by atoms with Crippen molar-refractivity contribution in [3.05, 3.63) is 241 Å². The Hall–Kier alpha value is -9.84. The molecule has 14 aromatic rings. The quantitative estimate of drug-likeness (QED) is 0.112. The third kappa shape index (κ3) is 6.83. The molecular formula is C64H36N4. The average molecular weight is 861 g/mol. The molecule has 0 N–H and O–H groups in total. The van der Waals surface area contributed by atoms with E-state index in [0.29, 0.717) is 22.3 Å². The summed E-state index contributed by atoms with van der Waals surface area (Å²) in [5.74, 6) is 0. The lowest BCUT2D eigenvalue weighted by Gasteiger charge is -2.09. The molecule has 0 atom stereocenters. The van der Waals surface area contributed by atoms with E-state index in [-0.39, 0.29) is 0 Å². The van der Waals surface area contributed by atoms with E-state index in [1.54, 1.807) is 0 Å². The van der Waals surface area contributed by atoms with E-state index in [1.807, 2.05) is 97.1 Å². The van der Waals surface area contributed by atoms with Gasteiger partial charge in [0.15, 0.2) is 0 Å². The van der Waals surface area contributed by atoms with Crippen molar-refractivity contribution in [2.75, 3.05) is 0 Å². The number of nitriles is 4. The number of hydrogen-bond acceptors (Lipinski definition) is 4. The summed E-state index contributed by atoms with van der Waals surface area (Å²) in [6, 6.07) is 83.0. The van der Waals surface area contributed by atoms with Crippen LogP contribution in [0.3, 0.4) is 0 Å². The van der Waals surface area contributed by atoms with Crippen molar-refractivity contribution < 1.29 is 0 Å². The first-order valence-corrected chi connectivity index (χ1v) is 22.3. The highest BCUT2D eigenvalue weighted by Crippen LogP contribution is 2.37. The SMILES string of the molecule is N#Cc1c2ccccc2c(C#N)c2ccccc12.N#Cc1c2ccccc2c(C#N)c2ccccc12.c1cc2ccc3cccc4ccc(c1)c2c34.c1cc2ccc3cccc4ccc(c1)c2c34. The molecule has 0 unspecified atom stereocenters. The monoisotopic (exact) mass is 860 g/mol. The molecule has 0 radical (unpaired) electrons. The zero-order valence-electron chi connectivity index (χ0n) is 36.6. The van der Waals surface area contributed by atoms with Crippen molar-refractivity contribution in [2.24, 2.45) is 0 Å². The molecule has 312 valence electrons. The number of fused-ring (bicyclic) bond motifs is 4. The third-order valence-corrected chi connectivity index (χ3v) is 13.1. The Labute approximate surface area is 391 Å². The second-order valence-electron chi connectivity index (χ2n) is 16.7. The van der Waals surface area contributed by atoms with Gasteiger partial charge in [-0.25, -0.2) is 0 Å². The highest BCUT2D eigenvalue weighted by molar-refractivity contribution is 6.24. The van der Waals surface area contributed by atoms with Crippen LogP contribution in [0, 0.1) is 45.3 Å². The Balaban J connectivity index is 0.0000000995. The first kappa shape index (κ1) is 40.9. The van der Waals surface area contributed by atoms with E-state index in [0.717, 1.165) is 43.1 Å². The maximum Gasteiger partial charge on any atom is 0.100 e. The van der Waals surface area contributed by atoms with Crippen LogP contribution in [0.2, 0.25) is 0 Å². The third-order valence-electron chi connectivity index (χ3n) is 13.1. The predicted molar refractivity (Wildman–Crippen MR) is 282 cm³/mol. The van der Waals surface area contributed by atoms with Crippen molar-refractivity contribution in [3.8, 4) is 24.3 Å². The molecule has 0 bridgehead atoms. The fourth-order valence-corrected chi connectivity index (χ4v) is 10.1. The number of nitrogens with zero attached hydrogens (tertiary/aromatic N) is 4. The molecule has 0 spiro atoms. The minimum Gasteiger partial charge on any atom is -0.192 e. The first-order chi connectivity index (χ1) is 33.6. The normalized spacial score (nSPS) is 10.9. The van der Waals surface area contributed by atoms with Gasteiger partial charge >= 0.3 is 0 Å². The van der Waals surface area contributed by atoms with Gasteiger partial charge in [-0.3, -0.25) is 0 Å². The second kappa shape index (κ2) is 17.3. The van der Waals surface area contributed by atoms with E-state index in [2.05, 4.69) is 146 Å². The molecule has 0 aliphatic carbocycles. The van der Waals surface area contributed by atoms with Crippen LogP contribution in [-0.2, 0) is 0 Å². The summed E-state index contributed by atoms with van der Waals surface area (Å²) >= 11 is 0. The van der Waals surface area contributed by atoms with Crippen molar-refractivity contribution in [1.29, 1.82) is 21.0 Å².